The van der Waals surface area contributed by atoms with Gasteiger partial charge in [-0.3, -0.25) is 4.79 Å². The number of hydrogen-bond acceptors (Lipinski definition) is 3. The lowest BCUT2D eigenvalue weighted by atomic mass is 10.3. The third-order valence-electron chi connectivity index (χ3n) is 4.53. The fourth-order valence-electron chi connectivity index (χ4n) is 3.38. The summed E-state index contributed by atoms with van der Waals surface area (Å²) in [5, 5.41) is 14.2. The number of aliphatic hydroxyl groups excluding tert-OH is 1. The van der Waals surface area contributed by atoms with E-state index in [0.29, 0.717) is 0 Å². The summed E-state index contributed by atoms with van der Waals surface area (Å²) in [6, 6.07) is 30.5. The molecule has 0 aliphatic rings. The van der Waals surface area contributed by atoms with E-state index in [0.717, 1.165) is 15.9 Å². The van der Waals surface area contributed by atoms with Crippen molar-refractivity contribution in [1.29, 1.82) is 0 Å². The van der Waals surface area contributed by atoms with Gasteiger partial charge in [0, 0.05) is 0 Å². The number of ether oxygens (including phenoxy) is 1. The first-order valence-corrected chi connectivity index (χ1v) is 11.5. The summed E-state index contributed by atoms with van der Waals surface area (Å²) in [4.78, 5) is 12.1. The minimum absolute atomic E-state index is 0.0283. The van der Waals surface area contributed by atoms with Crippen LogP contribution in [0.4, 0.5) is 0 Å². The van der Waals surface area contributed by atoms with Crippen LogP contribution in [0.1, 0.15) is 20.3 Å². The third kappa shape index (κ3) is 4.93. The van der Waals surface area contributed by atoms with Gasteiger partial charge < -0.3 is 9.84 Å². The summed E-state index contributed by atoms with van der Waals surface area (Å²) in [6.45, 7) is 3.60. The average molecular weight is 405 g/mol. The molecular weight excluding hydrogens is 379 g/mol. The zero-order valence-corrected chi connectivity index (χ0v) is 17.6. The molecule has 29 heavy (non-hydrogen) atoms. The molecule has 0 aliphatic heterocycles. The van der Waals surface area contributed by atoms with Crippen molar-refractivity contribution in [3.05, 3.63) is 103 Å². The number of esters is 1. The number of aliphatic hydroxyl groups is 1. The van der Waals surface area contributed by atoms with E-state index in [1.165, 1.54) is 0 Å². The molecule has 0 unspecified atom stereocenters. The Balaban J connectivity index is 2.20. The molecule has 4 heteroatoms. The molecule has 0 atom stereocenters. The van der Waals surface area contributed by atoms with Gasteiger partial charge in [-0.05, 0) is 50.2 Å². The lowest BCUT2D eigenvalue weighted by Crippen LogP contribution is -2.30. The van der Waals surface area contributed by atoms with Crippen molar-refractivity contribution in [2.75, 3.05) is 0 Å². The molecule has 3 nitrogen and oxygen atoms in total. The van der Waals surface area contributed by atoms with E-state index in [2.05, 4.69) is 36.4 Å². The molecule has 3 rings (SSSR count). The summed E-state index contributed by atoms with van der Waals surface area (Å²) >= 11 is 0. The Morgan fingerprint density at radius 3 is 1.55 bits per heavy atom. The van der Waals surface area contributed by atoms with Crippen LogP contribution in [0.5, 0.6) is 0 Å². The van der Waals surface area contributed by atoms with Gasteiger partial charge in [0.1, 0.15) is 41.2 Å². The second kappa shape index (κ2) is 9.54. The van der Waals surface area contributed by atoms with Crippen LogP contribution in [0.25, 0.3) is 0 Å². The van der Waals surface area contributed by atoms with Crippen LogP contribution in [-0.4, -0.2) is 17.2 Å². The highest BCUT2D eigenvalue weighted by atomic mass is 31.2. The van der Waals surface area contributed by atoms with Crippen LogP contribution in [-0.2, 0) is 9.53 Å². The Kier molecular flexibility index (Phi) is 6.85. The number of carbonyl (C=O) groups is 1. The van der Waals surface area contributed by atoms with E-state index in [4.69, 9.17) is 4.74 Å². The van der Waals surface area contributed by atoms with Gasteiger partial charge in [-0.2, -0.15) is 0 Å². The summed E-state index contributed by atoms with van der Waals surface area (Å²) in [5.74, 6) is 1.48. The molecule has 148 valence electrons. The fraction of sp³-hybridized carbons (Fsp3) is 0.160. The molecule has 0 saturated heterocycles. The van der Waals surface area contributed by atoms with Crippen molar-refractivity contribution in [2.24, 2.45) is 0 Å². The first-order valence-electron chi connectivity index (χ1n) is 9.68. The summed E-state index contributed by atoms with van der Waals surface area (Å²) in [5.41, 5.74) is 0. The molecule has 0 radical (unpaired) electrons. The summed E-state index contributed by atoms with van der Waals surface area (Å²) in [6.07, 6.45) is -0.362. The van der Waals surface area contributed by atoms with Gasteiger partial charge >= 0.3 is 5.97 Å². The zero-order valence-electron chi connectivity index (χ0n) is 16.7. The van der Waals surface area contributed by atoms with Gasteiger partial charge in [-0.15, -0.1) is 0 Å². The standard InChI is InChI=1S/C25H25O3P/c1-20(2)28-25(27)18-21(26)19-29(22-12-6-3-7-13-22,23-14-8-4-9-15-23)24-16-10-5-11-17-24/h3-17,19-20H,18H2,1-2H3/p+1/b21-19-. The molecular formula is C25H26O3P+. The number of benzene rings is 3. The van der Waals surface area contributed by atoms with Gasteiger partial charge in [0.25, 0.3) is 0 Å². The third-order valence-corrected chi connectivity index (χ3v) is 8.55. The van der Waals surface area contributed by atoms with E-state index in [-0.39, 0.29) is 18.3 Å². The van der Waals surface area contributed by atoms with Gasteiger partial charge in [0.05, 0.1) is 6.10 Å². The van der Waals surface area contributed by atoms with E-state index in [1.807, 2.05) is 60.4 Å². The molecule has 0 saturated carbocycles. The fourth-order valence-corrected chi connectivity index (χ4v) is 7.19. The van der Waals surface area contributed by atoms with Gasteiger partial charge in [-0.1, -0.05) is 54.6 Å². The number of carbonyl (C=O) groups excluding carboxylic acids is 1. The van der Waals surface area contributed by atoms with Crippen molar-refractivity contribution in [3.8, 4) is 0 Å². The highest BCUT2D eigenvalue weighted by molar-refractivity contribution is 7.98. The van der Waals surface area contributed by atoms with Crippen molar-refractivity contribution < 1.29 is 14.6 Å². The van der Waals surface area contributed by atoms with Crippen LogP contribution in [0, 0.1) is 0 Å². The molecule has 0 spiro atoms. The van der Waals surface area contributed by atoms with Gasteiger partial charge in [0.2, 0.25) is 0 Å². The van der Waals surface area contributed by atoms with Crippen molar-refractivity contribution in [2.45, 2.75) is 26.4 Å². The molecule has 3 aromatic carbocycles. The summed E-state index contributed by atoms with van der Waals surface area (Å²) < 4.78 is 5.23. The Hall–Kier alpha value is -2.90. The first-order chi connectivity index (χ1) is 14.0. The van der Waals surface area contributed by atoms with Crippen LogP contribution in [0.15, 0.2) is 103 Å². The second-order valence-corrected chi connectivity index (χ2v) is 10.3. The molecule has 1 N–H and O–H groups in total. The van der Waals surface area contributed by atoms with Gasteiger partial charge in [-0.25, -0.2) is 0 Å². The highest BCUT2D eigenvalue weighted by Gasteiger charge is 2.44. The van der Waals surface area contributed by atoms with Crippen LogP contribution >= 0.6 is 7.26 Å². The maximum atomic E-state index is 12.1. The second-order valence-electron chi connectivity index (χ2n) is 7.07. The van der Waals surface area contributed by atoms with Gasteiger partial charge in [0.15, 0.2) is 0 Å². The monoisotopic (exact) mass is 405 g/mol. The van der Waals surface area contributed by atoms with Crippen LogP contribution in [0.3, 0.4) is 0 Å². The van der Waals surface area contributed by atoms with Crippen molar-refractivity contribution >= 4 is 29.1 Å². The Morgan fingerprint density at radius 2 is 1.21 bits per heavy atom. The molecule has 3 aromatic rings. The largest absolute Gasteiger partial charge is 0.508 e. The van der Waals surface area contributed by atoms with Crippen LogP contribution in [0.2, 0.25) is 0 Å². The highest BCUT2D eigenvalue weighted by Crippen LogP contribution is 2.57. The minimum atomic E-state index is -2.32. The maximum absolute atomic E-state index is 12.1. The molecule has 0 amide bonds. The lowest BCUT2D eigenvalue weighted by Gasteiger charge is -2.24. The smallest absolute Gasteiger partial charge is 0.313 e. The maximum Gasteiger partial charge on any atom is 0.313 e. The molecule has 0 aromatic heterocycles. The molecule has 0 bridgehead atoms. The Morgan fingerprint density at radius 1 is 0.828 bits per heavy atom. The Labute approximate surface area is 173 Å². The summed E-state index contributed by atoms with van der Waals surface area (Å²) in [7, 11) is -2.32. The van der Waals surface area contributed by atoms with E-state index < -0.39 is 13.2 Å². The predicted octanol–water partition coefficient (Wildman–Crippen LogP) is 4.72. The zero-order chi connectivity index (χ0) is 20.7. The number of rotatable bonds is 7. The lowest BCUT2D eigenvalue weighted by molar-refractivity contribution is -0.147. The first kappa shape index (κ1) is 20.8. The molecule has 0 heterocycles. The average Bonchev–Trinajstić information content (AvgIpc) is 2.73. The topological polar surface area (TPSA) is 46.5 Å². The normalized spacial score (nSPS) is 12.0. The number of hydrogen-bond donors (Lipinski definition) is 1. The van der Waals surface area contributed by atoms with Crippen molar-refractivity contribution in [1.82, 2.24) is 0 Å². The SMILES string of the molecule is CC(C)OC(=O)C/C(O)=C/[P+](c1ccccc1)(c1ccccc1)c1ccccc1. The van der Waals surface area contributed by atoms with Crippen molar-refractivity contribution in [3.63, 3.8) is 0 Å². The quantitative estimate of drug-likeness (QED) is 0.351. The van der Waals surface area contributed by atoms with Crippen LogP contribution < -0.4 is 15.9 Å². The molecule has 0 fully saturated rings. The Bertz CT molecular complexity index is 854. The van der Waals surface area contributed by atoms with E-state index in [1.54, 1.807) is 13.8 Å². The predicted molar refractivity (Wildman–Crippen MR) is 122 cm³/mol. The van der Waals surface area contributed by atoms with E-state index >= 15 is 0 Å². The van der Waals surface area contributed by atoms with E-state index in [9.17, 15) is 9.90 Å². The minimum Gasteiger partial charge on any atom is -0.508 e. The molecule has 0 aliphatic carbocycles.